The van der Waals surface area contributed by atoms with Gasteiger partial charge in [-0.1, -0.05) is 13.8 Å². The topological polar surface area (TPSA) is 84.2 Å². The number of hydrogen-bond acceptors (Lipinski definition) is 3. The van der Waals surface area contributed by atoms with E-state index in [0.717, 1.165) is 17.8 Å². The molecule has 0 spiro atoms. The number of hydrogen-bond donors (Lipinski definition) is 2. The van der Waals surface area contributed by atoms with E-state index in [9.17, 15) is 9.59 Å². The summed E-state index contributed by atoms with van der Waals surface area (Å²) in [6.45, 7) is 6.56. The quantitative estimate of drug-likeness (QED) is 0.822. The molecule has 124 valence electrons. The summed E-state index contributed by atoms with van der Waals surface area (Å²) in [7, 11) is 0. The van der Waals surface area contributed by atoms with Crippen LogP contribution in [0.25, 0.3) is 11.0 Å². The standard InChI is InChI=1S/C17H23N3O3/c1-4-11(3)20-14-7-6-12(17(22)23)10-13(14)19-15(20)8-9-18-16(21)5-2/h6-7,10-11H,4-5,8-9H2,1-3H3,(H,18,21)(H,22,23). The highest BCUT2D eigenvalue weighted by Crippen LogP contribution is 2.24. The molecule has 0 saturated heterocycles. The molecular weight excluding hydrogens is 294 g/mol. The number of carbonyl (C=O) groups is 2. The van der Waals surface area contributed by atoms with Gasteiger partial charge in [-0.3, -0.25) is 4.79 Å². The smallest absolute Gasteiger partial charge is 0.335 e. The molecule has 2 aromatic rings. The average Bonchev–Trinajstić information content (AvgIpc) is 2.91. The molecule has 0 saturated carbocycles. The normalized spacial score (nSPS) is 12.3. The number of carboxylic acids is 1. The first-order chi connectivity index (χ1) is 11.0. The number of nitrogens with zero attached hydrogens (tertiary/aromatic N) is 2. The van der Waals surface area contributed by atoms with Crippen LogP contribution in [-0.2, 0) is 11.2 Å². The zero-order valence-corrected chi connectivity index (χ0v) is 13.8. The van der Waals surface area contributed by atoms with Crippen molar-refractivity contribution in [2.24, 2.45) is 0 Å². The maximum Gasteiger partial charge on any atom is 0.335 e. The summed E-state index contributed by atoms with van der Waals surface area (Å²) in [5.41, 5.74) is 1.85. The third kappa shape index (κ3) is 3.70. The largest absolute Gasteiger partial charge is 0.478 e. The van der Waals surface area contributed by atoms with E-state index in [4.69, 9.17) is 5.11 Å². The fourth-order valence-electron chi connectivity index (χ4n) is 2.57. The van der Waals surface area contributed by atoms with Gasteiger partial charge in [0.1, 0.15) is 5.82 Å². The van der Waals surface area contributed by atoms with E-state index in [-0.39, 0.29) is 17.5 Å². The molecule has 0 aliphatic rings. The maximum atomic E-state index is 11.4. The molecule has 0 radical (unpaired) electrons. The van der Waals surface area contributed by atoms with Gasteiger partial charge < -0.3 is 15.0 Å². The molecule has 6 nitrogen and oxygen atoms in total. The fourth-order valence-corrected chi connectivity index (χ4v) is 2.57. The molecule has 1 amide bonds. The molecular formula is C17H23N3O3. The number of nitrogens with one attached hydrogen (secondary N) is 1. The summed E-state index contributed by atoms with van der Waals surface area (Å²) in [5, 5.41) is 12.0. The molecule has 0 aliphatic carbocycles. The van der Waals surface area contributed by atoms with E-state index in [0.29, 0.717) is 24.9 Å². The molecule has 23 heavy (non-hydrogen) atoms. The Kier molecular flexibility index (Phi) is 5.36. The Labute approximate surface area is 135 Å². The van der Waals surface area contributed by atoms with E-state index >= 15 is 0 Å². The number of amides is 1. The minimum atomic E-state index is -0.957. The number of imidazole rings is 1. The molecule has 1 aromatic carbocycles. The molecule has 6 heteroatoms. The Hall–Kier alpha value is -2.37. The average molecular weight is 317 g/mol. The van der Waals surface area contributed by atoms with Gasteiger partial charge in [-0.05, 0) is 31.5 Å². The second-order valence-corrected chi connectivity index (χ2v) is 5.62. The third-order valence-corrected chi connectivity index (χ3v) is 4.03. The first-order valence-electron chi connectivity index (χ1n) is 7.98. The molecule has 2 N–H and O–H groups in total. The van der Waals surface area contributed by atoms with Crippen molar-refractivity contribution < 1.29 is 14.7 Å². The van der Waals surface area contributed by atoms with Gasteiger partial charge in [0.05, 0.1) is 16.6 Å². The third-order valence-electron chi connectivity index (χ3n) is 4.03. The molecule has 0 fully saturated rings. The Morgan fingerprint density at radius 2 is 2.09 bits per heavy atom. The van der Waals surface area contributed by atoms with Gasteiger partial charge in [0.15, 0.2) is 0 Å². The van der Waals surface area contributed by atoms with Crippen LogP contribution in [0.15, 0.2) is 18.2 Å². The monoisotopic (exact) mass is 317 g/mol. The van der Waals surface area contributed by atoms with Crippen molar-refractivity contribution in [2.75, 3.05) is 6.54 Å². The highest BCUT2D eigenvalue weighted by Gasteiger charge is 2.16. The van der Waals surface area contributed by atoms with Crippen molar-refractivity contribution in [3.63, 3.8) is 0 Å². The summed E-state index contributed by atoms with van der Waals surface area (Å²) in [6.07, 6.45) is 2.03. The van der Waals surface area contributed by atoms with Crippen LogP contribution in [0.3, 0.4) is 0 Å². The van der Waals surface area contributed by atoms with Crippen LogP contribution in [0, 0.1) is 0 Å². The second-order valence-electron chi connectivity index (χ2n) is 5.62. The molecule has 1 unspecified atom stereocenters. The lowest BCUT2D eigenvalue weighted by molar-refractivity contribution is -0.120. The van der Waals surface area contributed by atoms with Gasteiger partial charge in [0.25, 0.3) is 0 Å². The van der Waals surface area contributed by atoms with Crippen LogP contribution < -0.4 is 5.32 Å². The van der Waals surface area contributed by atoms with Crippen LogP contribution >= 0.6 is 0 Å². The van der Waals surface area contributed by atoms with Gasteiger partial charge in [0.2, 0.25) is 5.91 Å². The first kappa shape index (κ1) is 17.0. The first-order valence-corrected chi connectivity index (χ1v) is 7.98. The minimum Gasteiger partial charge on any atom is -0.478 e. The predicted molar refractivity (Wildman–Crippen MR) is 88.7 cm³/mol. The number of benzene rings is 1. The number of aromatic carboxylic acids is 1. The molecule has 0 bridgehead atoms. The van der Waals surface area contributed by atoms with Gasteiger partial charge in [0, 0.05) is 25.4 Å². The van der Waals surface area contributed by atoms with Crippen molar-refractivity contribution in [2.45, 2.75) is 46.1 Å². The Morgan fingerprint density at radius 3 is 2.70 bits per heavy atom. The van der Waals surface area contributed by atoms with Crippen LogP contribution in [-0.4, -0.2) is 33.1 Å². The molecule has 1 heterocycles. The lowest BCUT2D eigenvalue weighted by atomic mass is 10.2. The summed E-state index contributed by atoms with van der Waals surface area (Å²) >= 11 is 0. The lowest BCUT2D eigenvalue weighted by Gasteiger charge is -2.16. The number of fused-ring (bicyclic) bond motifs is 1. The molecule has 1 atom stereocenters. The van der Waals surface area contributed by atoms with Gasteiger partial charge in [-0.2, -0.15) is 0 Å². The SMILES string of the molecule is CCC(=O)NCCc1nc2cc(C(=O)O)ccc2n1C(C)CC. The van der Waals surface area contributed by atoms with Crippen LogP contribution in [0.5, 0.6) is 0 Å². The summed E-state index contributed by atoms with van der Waals surface area (Å²) in [4.78, 5) is 27.1. The molecule has 0 aliphatic heterocycles. The van der Waals surface area contributed by atoms with E-state index in [1.165, 1.54) is 0 Å². The van der Waals surface area contributed by atoms with Crippen molar-refractivity contribution in [1.82, 2.24) is 14.9 Å². The number of carboxylic acid groups (broad SMARTS) is 1. The summed E-state index contributed by atoms with van der Waals surface area (Å²) in [5.74, 6) is -0.0700. The van der Waals surface area contributed by atoms with Crippen molar-refractivity contribution in [1.29, 1.82) is 0 Å². The van der Waals surface area contributed by atoms with Crippen molar-refractivity contribution >= 4 is 22.9 Å². The zero-order valence-electron chi connectivity index (χ0n) is 13.8. The summed E-state index contributed by atoms with van der Waals surface area (Å²) < 4.78 is 2.14. The lowest BCUT2D eigenvalue weighted by Crippen LogP contribution is -2.25. The Morgan fingerprint density at radius 1 is 1.35 bits per heavy atom. The fraction of sp³-hybridized carbons (Fsp3) is 0.471. The predicted octanol–water partition coefficient (Wildman–Crippen LogP) is 2.77. The van der Waals surface area contributed by atoms with Gasteiger partial charge in [-0.25, -0.2) is 9.78 Å². The van der Waals surface area contributed by atoms with Crippen molar-refractivity contribution in [3.05, 3.63) is 29.6 Å². The second kappa shape index (κ2) is 7.26. The van der Waals surface area contributed by atoms with E-state index in [1.807, 2.05) is 13.0 Å². The number of aromatic nitrogens is 2. The van der Waals surface area contributed by atoms with E-state index < -0.39 is 5.97 Å². The van der Waals surface area contributed by atoms with Crippen molar-refractivity contribution in [3.8, 4) is 0 Å². The summed E-state index contributed by atoms with van der Waals surface area (Å²) in [6, 6.07) is 5.28. The van der Waals surface area contributed by atoms with Gasteiger partial charge >= 0.3 is 5.97 Å². The Balaban J connectivity index is 2.37. The zero-order chi connectivity index (χ0) is 17.0. The van der Waals surface area contributed by atoms with Crippen LogP contribution in [0.1, 0.15) is 55.8 Å². The minimum absolute atomic E-state index is 0.0179. The van der Waals surface area contributed by atoms with E-state index in [2.05, 4.69) is 28.7 Å². The molecule has 2 rings (SSSR count). The highest BCUT2D eigenvalue weighted by molar-refractivity contribution is 5.92. The highest BCUT2D eigenvalue weighted by atomic mass is 16.4. The van der Waals surface area contributed by atoms with Crippen LogP contribution in [0.4, 0.5) is 0 Å². The molecule has 1 aromatic heterocycles. The number of rotatable bonds is 7. The number of carbonyl (C=O) groups excluding carboxylic acids is 1. The van der Waals surface area contributed by atoms with Crippen LogP contribution in [0.2, 0.25) is 0 Å². The Bertz CT molecular complexity index is 721. The van der Waals surface area contributed by atoms with Gasteiger partial charge in [-0.15, -0.1) is 0 Å². The maximum absolute atomic E-state index is 11.4. The van der Waals surface area contributed by atoms with E-state index in [1.54, 1.807) is 12.1 Å².